The molecule has 7 nitrogen and oxygen atoms in total. The maximum atomic E-state index is 11.9. The van der Waals surface area contributed by atoms with Crippen molar-refractivity contribution in [1.82, 2.24) is 10.3 Å². The molecule has 0 fully saturated rings. The molecule has 9 heteroatoms. The largest absolute Gasteiger partial charge is 0.465 e. The van der Waals surface area contributed by atoms with Crippen LogP contribution in [0, 0.1) is 5.92 Å². The van der Waals surface area contributed by atoms with Gasteiger partial charge in [0.15, 0.2) is 0 Å². The molecule has 0 aliphatic rings. The van der Waals surface area contributed by atoms with Crippen molar-refractivity contribution >= 4 is 33.2 Å². The Hall–Kier alpha value is -1.45. The molecule has 0 aliphatic carbocycles. The summed E-state index contributed by atoms with van der Waals surface area (Å²) in [5, 5.41) is 1.45. The zero-order valence-corrected chi connectivity index (χ0v) is 12.2. The van der Waals surface area contributed by atoms with Gasteiger partial charge in [-0.1, -0.05) is 13.8 Å². The lowest BCUT2D eigenvalue weighted by molar-refractivity contribution is -0.124. The number of ether oxygens (including phenoxy) is 1. The van der Waals surface area contributed by atoms with Crippen LogP contribution in [0.4, 0.5) is 0 Å². The number of thiophene rings is 1. The minimum atomic E-state index is -4.00. The van der Waals surface area contributed by atoms with Gasteiger partial charge in [-0.3, -0.25) is 10.2 Å². The van der Waals surface area contributed by atoms with E-state index in [2.05, 4.69) is 10.2 Å². The fourth-order valence-corrected chi connectivity index (χ4v) is 3.25. The van der Waals surface area contributed by atoms with Crippen molar-refractivity contribution in [3.8, 4) is 0 Å². The van der Waals surface area contributed by atoms with Gasteiger partial charge in [-0.05, 0) is 11.4 Å². The summed E-state index contributed by atoms with van der Waals surface area (Å²) < 4.78 is 28.4. The minimum absolute atomic E-state index is 0.0474. The summed E-state index contributed by atoms with van der Waals surface area (Å²) >= 11 is 0.943. The van der Waals surface area contributed by atoms with Crippen LogP contribution in [0.1, 0.15) is 23.5 Å². The monoisotopic (exact) mass is 306 g/mol. The Morgan fingerprint density at radius 1 is 1.37 bits per heavy atom. The number of carbonyl (C=O) groups excluding carboxylic acids is 2. The molecule has 1 heterocycles. The second-order valence-corrected chi connectivity index (χ2v) is 6.42. The number of hydrogen-bond acceptors (Lipinski definition) is 6. The van der Waals surface area contributed by atoms with Crippen LogP contribution in [0.15, 0.2) is 16.3 Å². The molecule has 1 aromatic heterocycles. The van der Waals surface area contributed by atoms with Crippen molar-refractivity contribution in [2.45, 2.75) is 18.7 Å². The molecule has 1 rings (SSSR count). The van der Waals surface area contributed by atoms with Gasteiger partial charge in [-0.2, -0.15) is 0 Å². The third kappa shape index (κ3) is 3.75. The van der Waals surface area contributed by atoms with Gasteiger partial charge in [0.2, 0.25) is 5.91 Å². The molecular formula is C10H14N2O5S2. The summed E-state index contributed by atoms with van der Waals surface area (Å²) in [5.74, 6) is -1.59. The van der Waals surface area contributed by atoms with Crippen molar-refractivity contribution < 1.29 is 22.7 Å². The van der Waals surface area contributed by atoms with Crippen LogP contribution in [-0.2, 0) is 19.6 Å². The standard InChI is InChI=1S/C10H14N2O5S2/c1-6(2)9(13)11-12-19(15,16)7-4-5-18-8(7)10(14)17-3/h4-6,12H,1-3H3,(H,11,13). The Kier molecular flexibility index (Phi) is 5.04. The molecule has 0 saturated heterocycles. The molecule has 1 amide bonds. The Labute approximate surface area is 115 Å². The van der Waals surface area contributed by atoms with Gasteiger partial charge < -0.3 is 4.74 Å². The van der Waals surface area contributed by atoms with Crippen LogP contribution in [0.5, 0.6) is 0 Å². The molecule has 0 atom stereocenters. The molecule has 19 heavy (non-hydrogen) atoms. The first-order valence-corrected chi connectivity index (χ1v) is 7.63. The van der Waals surface area contributed by atoms with Crippen LogP contribution in [0.25, 0.3) is 0 Å². The SMILES string of the molecule is COC(=O)c1sccc1S(=O)(=O)NNC(=O)C(C)C. The number of carbonyl (C=O) groups is 2. The molecule has 1 aromatic rings. The average Bonchev–Trinajstić information content (AvgIpc) is 2.84. The van der Waals surface area contributed by atoms with Gasteiger partial charge >= 0.3 is 5.97 Å². The first-order valence-electron chi connectivity index (χ1n) is 5.27. The highest BCUT2D eigenvalue weighted by molar-refractivity contribution is 7.89. The number of esters is 1. The van der Waals surface area contributed by atoms with E-state index < -0.39 is 21.9 Å². The highest BCUT2D eigenvalue weighted by atomic mass is 32.2. The van der Waals surface area contributed by atoms with Crippen LogP contribution >= 0.6 is 11.3 Å². The van der Waals surface area contributed by atoms with Gasteiger partial charge in [-0.25, -0.2) is 13.2 Å². The van der Waals surface area contributed by atoms with Crippen LogP contribution in [0.3, 0.4) is 0 Å². The molecule has 2 N–H and O–H groups in total. The lowest BCUT2D eigenvalue weighted by atomic mass is 10.2. The van der Waals surface area contributed by atoms with E-state index in [0.717, 1.165) is 18.4 Å². The van der Waals surface area contributed by atoms with Gasteiger partial charge in [0.05, 0.1) is 7.11 Å². The maximum Gasteiger partial charge on any atom is 0.349 e. The summed E-state index contributed by atoms with van der Waals surface area (Å²) in [6, 6.07) is 1.26. The molecule has 0 bridgehead atoms. The van der Waals surface area contributed by atoms with E-state index >= 15 is 0 Å². The molecule has 0 spiro atoms. The van der Waals surface area contributed by atoms with Crippen LogP contribution in [0.2, 0.25) is 0 Å². The highest BCUT2D eigenvalue weighted by Crippen LogP contribution is 2.22. The summed E-state index contributed by atoms with van der Waals surface area (Å²) in [6.45, 7) is 3.24. The summed E-state index contributed by atoms with van der Waals surface area (Å²) in [4.78, 5) is 24.4. The Bertz CT molecular complexity index is 576. The average molecular weight is 306 g/mol. The van der Waals surface area contributed by atoms with Gasteiger partial charge in [0.1, 0.15) is 9.77 Å². The molecular weight excluding hydrogens is 292 g/mol. The maximum absolute atomic E-state index is 11.9. The number of sulfonamides is 1. The van der Waals surface area contributed by atoms with Crippen molar-refractivity contribution in [3.05, 3.63) is 16.3 Å². The van der Waals surface area contributed by atoms with Crippen LogP contribution < -0.4 is 10.3 Å². The van der Waals surface area contributed by atoms with Crippen molar-refractivity contribution in [1.29, 1.82) is 0 Å². The predicted molar refractivity (Wildman–Crippen MR) is 69.0 cm³/mol. The summed E-state index contributed by atoms with van der Waals surface area (Å²) in [6.07, 6.45) is 0. The second kappa shape index (κ2) is 6.13. The molecule has 0 aromatic carbocycles. The smallest absolute Gasteiger partial charge is 0.349 e. The van der Waals surface area contributed by atoms with E-state index in [4.69, 9.17) is 0 Å². The van der Waals surface area contributed by atoms with Crippen molar-refractivity contribution in [2.24, 2.45) is 5.92 Å². The lowest BCUT2D eigenvalue weighted by Gasteiger charge is -2.10. The Balaban J connectivity index is 2.93. The summed E-state index contributed by atoms with van der Waals surface area (Å²) in [5.41, 5.74) is 2.07. The van der Waals surface area contributed by atoms with Gasteiger partial charge in [-0.15, -0.1) is 16.2 Å². The van der Waals surface area contributed by atoms with Gasteiger partial charge in [0, 0.05) is 5.92 Å². The summed E-state index contributed by atoms with van der Waals surface area (Å²) in [7, 11) is -2.84. The first kappa shape index (κ1) is 15.6. The van der Waals surface area contributed by atoms with Crippen molar-refractivity contribution in [3.63, 3.8) is 0 Å². The third-order valence-electron chi connectivity index (χ3n) is 2.12. The Morgan fingerprint density at radius 3 is 2.53 bits per heavy atom. The van der Waals surface area contributed by atoms with E-state index in [-0.39, 0.29) is 15.7 Å². The van der Waals surface area contributed by atoms with Crippen LogP contribution in [-0.4, -0.2) is 27.4 Å². The number of nitrogens with one attached hydrogen (secondary N) is 2. The topological polar surface area (TPSA) is 102 Å². The number of hydrazine groups is 1. The van der Waals surface area contributed by atoms with E-state index in [1.807, 2.05) is 4.83 Å². The van der Waals surface area contributed by atoms with E-state index in [1.165, 1.54) is 11.4 Å². The van der Waals surface area contributed by atoms with Crippen molar-refractivity contribution in [2.75, 3.05) is 7.11 Å². The lowest BCUT2D eigenvalue weighted by Crippen LogP contribution is -2.43. The molecule has 0 radical (unpaired) electrons. The quantitative estimate of drug-likeness (QED) is 0.609. The Morgan fingerprint density at radius 2 is 2.00 bits per heavy atom. The number of hydrogen-bond donors (Lipinski definition) is 2. The fourth-order valence-electron chi connectivity index (χ4n) is 1.07. The van der Waals surface area contributed by atoms with E-state index in [1.54, 1.807) is 13.8 Å². The van der Waals surface area contributed by atoms with Gasteiger partial charge in [0.25, 0.3) is 10.0 Å². The zero-order chi connectivity index (χ0) is 14.6. The zero-order valence-electron chi connectivity index (χ0n) is 10.6. The first-order chi connectivity index (χ1) is 8.79. The normalized spacial score (nSPS) is 11.4. The molecule has 0 unspecified atom stereocenters. The number of amides is 1. The second-order valence-electron chi connectivity index (χ2n) is 3.86. The van der Waals surface area contributed by atoms with E-state index in [0.29, 0.717) is 0 Å². The third-order valence-corrected chi connectivity index (χ3v) is 4.44. The predicted octanol–water partition coefficient (Wildman–Crippen LogP) is 0.500. The molecule has 0 saturated carbocycles. The number of methoxy groups -OCH3 is 1. The fraction of sp³-hybridized carbons (Fsp3) is 0.400. The van der Waals surface area contributed by atoms with E-state index in [9.17, 15) is 18.0 Å². The minimum Gasteiger partial charge on any atom is -0.465 e. The molecule has 106 valence electrons. The number of rotatable bonds is 5. The highest BCUT2D eigenvalue weighted by Gasteiger charge is 2.25. The molecule has 0 aliphatic heterocycles.